The summed E-state index contributed by atoms with van der Waals surface area (Å²) < 4.78 is 10.1. The van der Waals surface area contributed by atoms with Crippen molar-refractivity contribution in [3.05, 3.63) is 47.4 Å². The van der Waals surface area contributed by atoms with Gasteiger partial charge in [-0.25, -0.2) is 4.79 Å². The van der Waals surface area contributed by atoms with Crippen molar-refractivity contribution < 1.29 is 14.3 Å². The third-order valence-electron chi connectivity index (χ3n) is 2.19. The molecule has 0 aliphatic heterocycles. The molecule has 1 aromatic carbocycles. The maximum absolute atomic E-state index is 11.4. The second-order valence-electron chi connectivity index (χ2n) is 3.48. The number of carbonyl (C=O) groups is 1. The van der Waals surface area contributed by atoms with Crippen LogP contribution in [0.15, 0.2) is 41.8 Å². The second-order valence-corrected chi connectivity index (χ2v) is 3.48. The summed E-state index contributed by atoms with van der Waals surface area (Å²) in [5.41, 5.74) is 6.94. The Morgan fingerprint density at radius 1 is 1.24 bits per heavy atom. The Morgan fingerprint density at radius 3 is 2.47 bits per heavy atom. The van der Waals surface area contributed by atoms with Gasteiger partial charge in [0.05, 0.1) is 12.2 Å². The lowest BCUT2D eigenvalue weighted by molar-refractivity contribution is -0.138. The van der Waals surface area contributed by atoms with E-state index in [4.69, 9.17) is 15.2 Å². The fourth-order valence-electron chi connectivity index (χ4n) is 1.18. The van der Waals surface area contributed by atoms with E-state index < -0.39 is 5.97 Å². The van der Waals surface area contributed by atoms with Crippen molar-refractivity contribution in [2.45, 2.75) is 20.5 Å². The average molecular weight is 235 g/mol. The number of carbonyl (C=O) groups excluding carboxylic acids is 1. The molecule has 92 valence electrons. The first-order chi connectivity index (χ1) is 8.15. The Labute approximate surface area is 101 Å². The molecular weight excluding hydrogens is 218 g/mol. The molecule has 1 rings (SSSR count). The second kappa shape index (κ2) is 6.58. The van der Waals surface area contributed by atoms with Crippen LogP contribution in [0.5, 0.6) is 0 Å². The first kappa shape index (κ1) is 13.1. The number of ether oxygens (including phenoxy) is 2. The number of benzene rings is 1. The number of rotatable bonds is 5. The molecule has 0 atom stereocenters. The van der Waals surface area contributed by atoms with Crippen LogP contribution in [-0.2, 0) is 20.9 Å². The molecule has 0 bridgehead atoms. The molecule has 1 aromatic rings. The molecular formula is C13H17NO3. The van der Waals surface area contributed by atoms with Gasteiger partial charge in [0.25, 0.3) is 0 Å². The molecule has 0 unspecified atom stereocenters. The van der Waals surface area contributed by atoms with Gasteiger partial charge in [-0.2, -0.15) is 0 Å². The van der Waals surface area contributed by atoms with Crippen LogP contribution < -0.4 is 5.73 Å². The molecule has 4 heteroatoms. The Morgan fingerprint density at radius 2 is 1.88 bits per heavy atom. The zero-order chi connectivity index (χ0) is 12.7. The van der Waals surface area contributed by atoms with Crippen LogP contribution in [0.25, 0.3) is 0 Å². The van der Waals surface area contributed by atoms with E-state index in [0.717, 1.165) is 5.56 Å². The van der Waals surface area contributed by atoms with Gasteiger partial charge in [-0.3, -0.25) is 0 Å². The van der Waals surface area contributed by atoms with Crippen LogP contribution >= 0.6 is 0 Å². The van der Waals surface area contributed by atoms with Crippen LogP contribution in [-0.4, -0.2) is 12.6 Å². The minimum Gasteiger partial charge on any atom is -0.474 e. The van der Waals surface area contributed by atoms with Crippen molar-refractivity contribution in [1.82, 2.24) is 0 Å². The molecule has 0 spiro atoms. The molecule has 0 heterocycles. The van der Waals surface area contributed by atoms with E-state index in [9.17, 15) is 4.79 Å². The monoisotopic (exact) mass is 235 g/mol. The lowest BCUT2D eigenvalue weighted by Crippen LogP contribution is -2.14. The van der Waals surface area contributed by atoms with Crippen LogP contribution in [0.4, 0.5) is 0 Å². The Kier molecular flexibility index (Phi) is 5.07. The van der Waals surface area contributed by atoms with E-state index in [1.807, 2.05) is 30.3 Å². The fraction of sp³-hybridized carbons (Fsp3) is 0.308. The highest BCUT2D eigenvalue weighted by Crippen LogP contribution is 2.07. The number of esters is 1. The maximum atomic E-state index is 11.4. The predicted octanol–water partition coefficient (Wildman–Crippen LogP) is 1.96. The molecule has 17 heavy (non-hydrogen) atoms. The molecule has 0 radical (unpaired) electrons. The Balaban J connectivity index is 2.56. The van der Waals surface area contributed by atoms with Crippen LogP contribution in [0.2, 0.25) is 0 Å². The molecule has 0 aliphatic rings. The van der Waals surface area contributed by atoms with Gasteiger partial charge in [0.2, 0.25) is 0 Å². The highest BCUT2D eigenvalue weighted by Gasteiger charge is 2.10. The SMILES string of the molecule is CCOC(=O)C(C)=C(N)OCc1ccccc1. The maximum Gasteiger partial charge on any atom is 0.339 e. The summed E-state index contributed by atoms with van der Waals surface area (Å²) in [5.74, 6) is -0.342. The zero-order valence-corrected chi connectivity index (χ0v) is 10.1. The van der Waals surface area contributed by atoms with Crippen LogP contribution in [0, 0.1) is 0 Å². The Hall–Kier alpha value is -1.97. The standard InChI is InChI=1S/C13H17NO3/c1-3-16-13(15)10(2)12(14)17-9-11-7-5-4-6-8-11/h4-8H,3,9,14H2,1-2H3. The highest BCUT2D eigenvalue weighted by molar-refractivity contribution is 5.88. The average Bonchev–Trinajstić information content (AvgIpc) is 2.36. The van der Waals surface area contributed by atoms with Gasteiger partial charge in [-0.1, -0.05) is 30.3 Å². The molecule has 2 N–H and O–H groups in total. The summed E-state index contributed by atoms with van der Waals surface area (Å²) in [5, 5.41) is 0. The van der Waals surface area contributed by atoms with Crippen LogP contribution in [0.1, 0.15) is 19.4 Å². The lowest BCUT2D eigenvalue weighted by atomic mass is 10.2. The lowest BCUT2D eigenvalue weighted by Gasteiger charge is -2.09. The largest absolute Gasteiger partial charge is 0.474 e. The topological polar surface area (TPSA) is 61.5 Å². The minimum absolute atomic E-state index is 0.104. The quantitative estimate of drug-likeness (QED) is 0.481. The van der Waals surface area contributed by atoms with Gasteiger partial charge in [0, 0.05) is 0 Å². The van der Waals surface area contributed by atoms with E-state index in [1.165, 1.54) is 0 Å². The van der Waals surface area contributed by atoms with E-state index >= 15 is 0 Å². The van der Waals surface area contributed by atoms with E-state index in [2.05, 4.69) is 0 Å². The Bertz CT molecular complexity index is 398. The van der Waals surface area contributed by atoms with Crippen molar-refractivity contribution in [2.24, 2.45) is 5.73 Å². The predicted molar refractivity (Wildman–Crippen MR) is 64.8 cm³/mol. The van der Waals surface area contributed by atoms with E-state index in [1.54, 1.807) is 13.8 Å². The first-order valence-corrected chi connectivity index (χ1v) is 5.45. The van der Waals surface area contributed by atoms with Gasteiger partial charge in [-0.15, -0.1) is 0 Å². The van der Waals surface area contributed by atoms with Crippen molar-refractivity contribution in [3.8, 4) is 0 Å². The van der Waals surface area contributed by atoms with Gasteiger partial charge in [0.15, 0.2) is 5.88 Å². The van der Waals surface area contributed by atoms with Gasteiger partial charge >= 0.3 is 5.97 Å². The number of hydrogen-bond acceptors (Lipinski definition) is 4. The van der Waals surface area contributed by atoms with E-state index in [-0.39, 0.29) is 5.88 Å². The summed E-state index contributed by atoms with van der Waals surface area (Å²) in [6, 6.07) is 9.60. The van der Waals surface area contributed by atoms with Gasteiger partial charge < -0.3 is 15.2 Å². The molecule has 0 amide bonds. The van der Waals surface area contributed by atoms with Gasteiger partial charge in [-0.05, 0) is 19.4 Å². The summed E-state index contributed by atoms with van der Waals surface area (Å²) >= 11 is 0. The van der Waals surface area contributed by atoms with Gasteiger partial charge in [0.1, 0.15) is 6.61 Å². The molecule has 4 nitrogen and oxygen atoms in total. The molecule has 0 fully saturated rings. The first-order valence-electron chi connectivity index (χ1n) is 5.45. The summed E-state index contributed by atoms with van der Waals surface area (Å²) in [6.07, 6.45) is 0. The number of nitrogens with two attached hydrogens (primary N) is 1. The normalized spacial score (nSPS) is 11.6. The van der Waals surface area contributed by atoms with Crippen molar-refractivity contribution in [1.29, 1.82) is 0 Å². The molecule has 0 aliphatic carbocycles. The van der Waals surface area contributed by atoms with Crippen molar-refractivity contribution >= 4 is 5.97 Å². The zero-order valence-electron chi connectivity index (χ0n) is 10.1. The van der Waals surface area contributed by atoms with Crippen molar-refractivity contribution in [3.63, 3.8) is 0 Å². The number of hydrogen-bond donors (Lipinski definition) is 1. The molecule has 0 saturated heterocycles. The van der Waals surface area contributed by atoms with Crippen LogP contribution in [0.3, 0.4) is 0 Å². The minimum atomic E-state index is -0.446. The summed E-state index contributed by atoms with van der Waals surface area (Å²) in [6.45, 7) is 3.98. The third kappa shape index (κ3) is 4.18. The van der Waals surface area contributed by atoms with E-state index in [0.29, 0.717) is 18.8 Å². The molecule has 0 saturated carbocycles. The fourth-order valence-corrected chi connectivity index (χ4v) is 1.18. The summed E-state index contributed by atoms with van der Waals surface area (Å²) in [7, 11) is 0. The van der Waals surface area contributed by atoms with Crippen molar-refractivity contribution in [2.75, 3.05) is 6.61 Å². The smallest absolute Gasteiger partial charge is 0.339 e. The molecule has 0 aromatic heterocycles. The summed E-state index contributed by atoms with van der Waals surface area (Å²) in [4.78, 5) is 11.4. The highest BCUT2D eigenvalue weighted by atomic mass is 16.5. The third-order valence-corrected chi connectivity index (χ3v) is 2.19.